The number of aromatic carboxylic acids is 1. The van der Waals surface area contributed by atoms with Crippen molar-refractivity contribution in [1.82, 2.24) is 4.90 Å². The molecule has 2 amide bonds. The zero-order valence-electron chi connectivity index (χ0n) is 15.4. The molecule has 0 saturated carbocycles. The highest BCUT2D eigenvalue weighted by atomic mass is 16.6. The molecular weight excluding hydrogens is 370 g/mol. The Labute approximate surface area is 160 Å². The minimum Gasteiger partial charge on any atom is -0.478 e. The van der Waals surface area contributed by atoms with Gasteiger partial charge in [0.15, 0.2) is 0 Å². The molecule has 0 spiro atoms. The average Bonchev–Trinajstić information content (AvgIpc) is 2.93. The van der Waals surface area contributed by atoms with Gasteiger partial charge in [-0.25, -0.2) is 14.4 Å². The highest BCUT2D eigenvalue weighted by Crippen LogP contribution is 2.29. The van der Waals surface area contributed by atoms with Crippen LogP contribution in [0.15, 0.2) is 24.8 Å². The van der Waals surface area contributed by atoms with E-state index in [1.54, 1.807) is 13.8 Å². The van der Waals surface area contributed by atoms with Gasteiger partial charge in [-0.05, 0) is 25.5 Å². The average molecular weight is 389 g/mol. The van der Waals surface area contributed by atoms with Crippen molar-refractivity contribution in [1.29, 1.82) is 0 Å². The lowest BCUT2D eigenvalue weighted by atomic mass is 9.99. The molecule has 9 heteroatoms. The van der Waals surface area contributed by atoms with Crippen molar-refractivity contribution in [3.05, 3.63) is 47.0 Å². The van der Waals surface area contributed by atoms with Crippen LogP contribution in [0.5, 0.6) is 0 Å². The number of esters is 2. The summed E-state index contributed by atoms with van der Waals surface area (Å²) in [7, 11) is 0. The van der Waals surface area contributed by atoms with Crippen LogP contribution in [0, 0.1) is 0 Å². The number of carboxylic acid groups (broad SMARTS) is 1. The second kappa shape index (κ2) is 8.47. The van der Waals surface area contributed by atoms with E-state index in [0.29, 0.717) is 6.42 Å². The van der Waals surface area contributed by atoms with Crippen molar-refractivity contribution in [2.45, 2.75) is 26.3 Å². The molecule has 1 atom stereocenters. The number of amides is 2. The second-order valence-corrected chi connectivity index (χ2v) is 5.99. The lowest BCUT2D eigenvalue weighted by Gasteiger charge is -2.20. The van der Waals surface area contributed by atoms with E-state index in [4.69, 9.17) is 4.74 Å². The van der Waals surface area contributed by atoms with Gasteiger partial charge in [-0.2, -0.15) is 0 Å². The molecule has 148 valence electrons. The van der Waals surface area contributed by atoms with Gasteiger partial charge in [-0.15, -0.1) is 0 Å². The van der Waals surface area contributed by atoms with E-state index in [1.165, 1.54) is 0 Å². The molecule has 1 aliphatic rings. The molecule has 9 nitrogen and oxygen atoms in total. The third kappa shape index (κ3) is 3.93. The molecule has 0 fully saturated rings. The molecule has 1 N–H and O–H groups in total. The molecule has 0 unspecified atom stereocenters. The summed E-state index contributed by atoms with van der Waals surface area (Å²) in [5, 5.41) is 9.40. The molecule has 0 radical (unpaired) electrons. The zero-order valence-corrected chi connectivity index (χ0v) is 15.4. The van der Waals surface area contributed by atoms with Gasteiger partial charge >= 0.3 is 17.9 Å². The lowest BCUT2D eigenvalue weighted by molar-refractivity contribution is -0.138. The minimum atomic E-state index is -1.45. The largest absolute Gasteiger partial charge is 0.478 e. The number of rotatable bonds is 8. The molecule has 1 heterocycles. The third-order valence-electron chi connectivity index (χ3n) is 4.27. The SMILES string of the molecule is C=CC(=O)OCCOC(=O)c1cc2c(cc1C(=O)O)C(=O)N([C@@H](C)CC)C2=O. The number of imide groups is 1. The van der Waals surface area contributed by atoms with Crippen molar-refractivity contribution in [2.75, 3.05) is 13.2 Å². The van der Waals surface area contributed by atoms with Crippen LogP contribution < -0.4 is 0 Å². The number of ether oxygens (including phenoxy) is 2. The number of nitrogens with zero attached hydrogens (tertiary/aromatic N) is 1. The van der Waals surface area contributed by atoms with Gasteiger partial charge in [0.2, 0.25) is 0 Å². The topological polar surface area (TPSA) is 127 Å². The summed E-state index contributed by atoms with van der Waals surface area (Å²) in [5.41, 5.74) is -0.952. The molecule has 2 rings (SSSR count). The number of carbonyl (C=O) groups excluding carboxylic acids is 4. The van der Waals surface area contributed by atoms with E-state index in [0.717, 1.165) is 23.1 Å². The molecule has 0 aromatic heterocycles. The molecule has 0 bridgehead atoms. The van der Waals surface area contributed by atoms with E-state index in [9.17, 15) is 29.1 Å². The highest BCUT2D eigenvalue weighted by Gasteiger charge is 2.40. The second-order valence-electron chi connectivity index (χ2n) is 5.99. The number of fused-ring (bicyclic) bond motifs is 1. The molecule has 1 aliphatic heterocycles. The Kier molecular flexibility index (Phi) is 6.29. The fraction of sp³-hybridized carbons (Fsp3) is 0.316. The molecule has 1 aromatic carbocycles. The first kappa shape index (κ1) is 20.8. The summed E-state index contributed by atoms with van der Waals surface area (Å²) in [5.74, 6) is -4.37. The summed E-state index contributed by atoms with van der Waals surface area (Å²) < 4.78 is 9.56. The first-order chi connectivity index (χ1) is 13.2. The zero-order chi connectivity index (χ0) is 21.0. The molecule has 28 heavy (non-hydrogen) atoms. The smallest absolute Gasteiger partial charge is 0.339 e. The first-order valence-corrected chi connectivity index (χ1v) is 8.48. The molecule has 1 aromatic rings. The Hall–Kier alpha value is -3.49. The van der Waals surface area contributed by atoms with Gasteiger partial charge in [-0.1, -0.05) is 13.5 Å². The molecule has 0 aliphatic carbocycles. The summed E-state index contributed by atoms with van der Waals surface area (Å²) >= 11 is 0. The number of hydrogen-bond donors (Lipinski definition) is 1. The number of benzene rings is 1. The summed E-state index contributed by atoms with van der Waals surface area (Å²) in [6.07, 6.45) is 1.46. The summed E-state index contributed by atoms with van der Waals surface area (Å²) in [6.45, 7) is 6.15. The van der Waals surface area contributed by atoms with Gasteiger partial charge < -0.3 is 14.6 Å². The standard InChI is InChI=1S/C19H19NO8/c1-4-10(3)20-16(22)11-8-13(18(24)25)14(9-12(11)17(20)23)19(26)28-7-6-27-15(21)5-2/h5,8-10H,2,4,6-7H2,1,3H3,(H,24,25)/t10-/m0/s1. The van der Waals surface area contributed by atoms with Crippen molar-refractivity contribution in [3.8, 4) is 0 Å². The van der Waals surface area contributed by atoms with Crippen molar-refractivity contribution < 1.29 is 38.6 Å². The van der Waals surface area contributed by atoms with Crippen molar-refractivity contribution in [3.63, 3.8) is 0 Å². The Balaban J connectivity index is 2.31. The fourth-order valence-electron chi connectivity index (χ4n) is 2.65. The van der Waals surface area contributed by atoms with Crippen molar-refractivity contribution in [2.24, 2.45) is 0 Å². The maximum atomic E-state index is 12.6. The maximum absolute atomic E-state index is 12.6. The quantitative estimate of drug-likeness (QED) is 0.308. The normalized spacial score (nSPS) is 13.7. The van der Waals surface area contributed by atoms with E-state index in [1.807, 2.05) is 0 Å². The van der Waals surface area contributed by atoms with E-state index >= 15 is 0 Å². The Morgan fingerprint density at radius 3 is 2.14 bits per heavy atom. The van der Waals surface area contributed by atoms with Gasteiger partial charge in [-0.3, -0.25) is 14.5 Å². The van der Waals surface area contributed by atoms with Crippen LogP contribution in [-0.2, 0) is 14.3 Å². The number of carboxylic acids is 1. The van der Waals surface area contributed by atoms with E-state index < -0.39 is 35.3 Å². The predicted octanol–water partition coefficient (Wildman–Crippen LogP) is 1.67. The summed E-state index contributed by atoms with van der Waals surface area (Å²) in [4.78, 5) is 60.9. The van der Waals surface area contributed by atoms with Crippen LogP contribution in [0.4, 0.5) is 0 Å². The van der Waals surface area contributed by atoms with Crippen LogP contribution in [0.3, 0.4) is 0 Å². The van der Waals surface area contributed by atoms with Crippen LogP contribution in [0.25, 0.3) is 0 Å². The third-order valence-corrected chi connectivity index (χ3v) is 4.27. The Bertz CT molecular complexity index is 873. The van der Waals surface area contributed by atoms with E-state index in [2.05, 4.69) is 11.3 Å². The molecular formula is C19H19NO8. The van der Waals surface area contributed by atoms with Crippen LogP contribution >= 0.6 is 0 Å². The van der Waals surface area contributed by atoms with Gasteiger partial charge in [0.1, 0.15) is 13.2 Å². The highest BCUT2D eigenvalue weighted by molar-refractivity contribution is 6.23. The number of carbonyl (C=O) groups is 5. The van der Waals surface area contributed by atoms with E-state index in [-0.39, 0.29) is 35.9 Å². The van der Waals surface area contributed by atoms with Gasteiger partial charge in [0, 0.05) is 12.1 Å². The van der Waals surface area contributed by atoms with Gasteiger partial charge in [0.25, 0.3) is 11.8 Å². The molecule has 0 saturated heterocycles. The predicted molar refractivity (Wildman–Crippen MR) is 95.1 cm³/mol. The fourth-order valence-corrected chi connectivity index (χ4v) is 2.65. The van der Waals surface area contributed by atoms with Gasteiger partial charge in [0.05, 0.1) is 22.3 Å². The summed E-state index contributed by atoms with van der Waals surface area (Å²) in [6, 6.07) is 1.68. The lowest BCUT2D eigenvalue weighted by Crippen LogP contribution is -2.37. The maximum Gasteiger partial charge on any atom is 0.339 e. The van der Waals surface area contributed by atoms with Crippen LogP contribution in [0.1, 0.15) is 61.7 Å². The minimum absolute atomic E-state index is 0.0552. The van der Waals surface area contributed by atoms with Crippen LogP contribution in [0.2, 0.25) is 0 Å². The first-order valence-electron chi connectivity index (χ1n) is 8.48. The Morgan fingerprint density at radius 1 is 1.11 bits per heavy atom. The number of hydrogen-bond acceptors (Lipinski definition) is 7. The van der Waals surface area contributed by atoms with Crippen LogP contribution in [-0.4, -0.2) is 59.0 Å². The van der Waals surface area contributed by atoms with Crippen molar-refractivity contribution >= 4 is 29.7 Å². The Morgan fingerprint density at radius 2 is 1.64 bits per heavy atom. The monoisotopic (exact) mass is 389 g/mol.